The Hall–Kier alpha value is -6.21. The quantitative estimate of drug-likeness (QED) is 0.305. The lowest BCUT2D eigenvalue weighted by Crippen LogP contribution is -2.36. The molecule has 2 aliphatic rings. The van der Waals surface area contributed by atoms with Gasteiger partial charge in [0.1, 0.15) is 11.5 Å². The van der Waals surface area contributed by atoms with Crippen LogP contribution in [0.3, 0.4) is 0 Å². The number of nitrogens with one attached hydrogen (secondary N) is 1. The third-order valence-electron chi connectivity index (χ3n) is 6.39. The summed E-state index contributed by atoms with van der Waals surface area (Å²) < 4.78 is 7.79. The molecule has 0 aliphatic carbocycles. The summed E-state index contributed by atoms with van der Waals surface area (Å²) in [7, 11) is 0. The molecule has 0 radical (unpaired) electrons. The first-order chi connectivity index (χ1) is 19.9. The van der Waals surface area contributed by atoms with E-state index >= 15 is 0 Å². The number of nitriles is 1. The summed E-state index contributed by atoms with van der Waals surface area (Å²) in [5.74, 6) is 0.483. The topological polar surface area (TPSA) is 139 Å². The minimum Gasteiger partial charge on any atom is -0.508 e. The van der Waals surface area contributed by atoms with Crippen LogP contribution in [0.4, 0.5) is 10.5 Å². The normalized spacial score (nSPS) is 10.8. The SMILES string of the molecule is N#Cc1ccc2cc3c(=O)n(-c4cccc(NC(=O)Oc5ccccc5)c4)c(=O)nc-3n(-c3ccc(O)cc3)c2c1. The molecule has 2 N–H and O–H groups in total. The number of para-hydroxylation sites is 1. The number of pyridine rings is 1. The Labute approximate surface area is 231 Å². The molecule has 0 atom stereocenters. The van der Waals surface area contributed by atoms with Gasteiger partial charge >= 0.3 is 11.8 Å². The monoisotopic (exact) mass is 541 g/mol. The fourth-order valence-electron chi connectivity index (χ4n) is 4.55. The number of phenols is 1. The van der Waals surface area contributed by atoms with Gasteiger partial charge < -0.3 is 9.84 Å². The van der Waals surface area contributed by atoms with Crippen LogP contribution in [0.2, 0.25) is 0 Å². The van der Waals surface area contributed by atoms with Gasteiger partial charge in [-0.2, -0.15) is 10.2 Å². The molecule has 0 saturated carbocycles. The molecule has 0 aromatic heterocycles. The average Bonchev–Trinajstić information content (AvgIpc) is 2.97. The van der Waals surface area contributed by atoms with Gasteiger partial charge in [-0.25, -0.2) is 14.2 Å². The van der Waals surface area contributed by atoms with Gasteiger partial charge in [0.05, 0.1) is 28.4 Å². The van der Waals surface area contributed by atoms with E-state index in [4.69, 9.17) is 4.74 Å². The van der Waals surface area contributed by atoms with Gasteiger partial charge in [-0.05, 0) is 78.2 Å². The summed E-state index contributed by atoms with van der Waals surface area (Å²) >= 11 is 0. The third-order valence-corrected chi connectivity index (χ3v) is 6.39. The van der Waals surface area contributed by atoms with Gasteiger partial charge in [0.15, 0.2) is 5.82 Å². The van der Waals surface area contributed by atoms with E-state index in [2.05, 4.69) is 16.4 Å². The second-order valence-corrected chi connectivity index (χ2v) is 9.03. The number of carbonyl (C=O) groups is 1. The molecule has 2 heterocycles. The van der Waals surface area contributed by atoms with Crippen LogP contribution in [0.1, 0.15) is 5.56 Å². The van der Waals surface area contributed by atoms with E-state index in [1.165, 1.54) is 18.2 Å². The van der Waals surface area contributed by atoms with Crippen LogP contribution in [0.25, 0.3) is 33.7 Å². The summed E-state index contributed by atoms with van der Waals surface area (Å²) in [6.07, 6.45) is -0.738. The lowest BCUT2D eigenvalue weighted by molar-refractivity contribution is 0.215. The molecule has 10 heteroatoms. The number of rotatable bonds is 4. The predicted molar refractivity (Wildman–Crippen MR) is 152 cm³/mol. The van der Waals surface area contributed by atoms with Crippen molar-refractivity contribution in [2.24, 2.45) is 0 Å². The average molecular weight is 542 g/mol. The van der Waals surface area contributed by atoms with Crippen molar-refractivity contribution in [1.29, 1.82) is 5.26 Å². The lowest BCUT2D eigenvalue weighted by Gasteiger charge is -2.19. The van der Waals surface area contributed by atoms with Crippen LogP contribution >= 0.6 is 0 Å². The Morgan fingerprint density at radius 1 is 0.854 bits per heavy atom. The van der Waals surface area contributed by atoms with Crippen molar-refractivity contribution in [2.75, 3.05) is 5.32 Å². The second-order valence-electron chi connectivity index (χ2n) is 9.03. The molecule has 0 unspecified atom stereocenters. The third kappa shape index (κ3) is 4.75. The van der Waals surface area contributed by atoms with E-state index in [1.54, 1.807) is 89.5 Å². The summed E-state index contributed by atoms with van der Waals surface area (Å²) in [4.78, 5) is 43.9. The highest BCUT2D eigenvalue weighted by molar-refractivity contribution is 5.89. The van der Waals surface area contributed by atoms with Crippen LogP contribution in [-0.2, 0) is 0 Å². The Kier molecular flexibility index (Phi) is 6.22. The molecule has 0 spiro atoms. The van der Waals surface area contributed by atoms with Gasteiger partial charge in [0.25, 0.3) is 5.56 Å². The number of phenolic OH excluding ortho intramolecular Hbond substituents is 1. The Morgan fingerprint density at radius 2 is 1.63 bits per heavy atom. The van der Waals surface area contributed by atoms with Gasteiger partial charge in [-0.3, -0.25) is 14.7 Å². The number of amides is 1. The lowest BCUT2D eigenvalue weighted by atomic mass is 10.1. The highest BCUT2D eigenvalue weighted by Gasteiger charge is 2.22. The molecular weight excluding hydrogens is 522 g/mol. The maximum atomic E-state index is 13.8. The highest BCUT2D eigenvalue weighted by Crippen LogP contribution is 2.29. The Bertz CT molecular complexity index is 2080. The van der Waals surface area contributed by atoms with E-state index in [0.717, 1.165) is 4.57 Å². The first-order valence-electron chi connectivity index (χ1n) is 12.4. The van der Waals surface area contributed by atoms with Crippen molar-refractivity contribution in [2.45, 2.75) is 0 Å². The van der Waals surface area contributed by atoms with Crippen molar-refractivity contribution < 1.29 is 14.6 Å². The number of fused-ring (bicyclic) bond motifs is 2. The van der Waals surface area contributed by atoms with Crippen molar-refractivity contribution in [3.8, 4) is 40.3 Å². The maximum absolute atomic E-state index is 13.8. The van der Waals surface area contributed by atoms with Crippen LogP contribution in [0, 0.1) is 11.3 Å². The van der Waals surface area contributed by atoms with Gasteiger partial charge in [-0.1, -0.05) is 30.3 Å². The Morgan fingerprint density at radius 3 is 2.39 bits per heavy atom. The number of ether oxygens (including phenoxy) is 1. The smallest absolute Gasteiger partial charge is 0.417 e. The predicted octanol–water partition coefficient (Wildman–Crippen LogP) is 4.83. The molecule has 6 rings (SSSR count). The zero-order chi connectivity index (χ0) is 28.5. The van der Waals surface area contributed by atoms with E-state index in [1.807, 2.05) is 0 Å². The first kappa shape index (κ1) is 25.1. The summed E-state index contributed by atoms with van der Waals surface area (Å²) in [6.45, 7) is 0. The zero-order valence-electron chi connectivity index (χ0n) is 21.2. The molecule has 1 amide bonds. The zero-order valence-corrected chi connectivity index (χ0v) is 21.2. The van der Waals surface area contributed by atoms with Gasteiger partial charge in [0, 0.05) is 11.4 Å². The van der Waals surface area contributed by atoms with Crippen molar-refractivity contribution in [3.05, 3.63) is 130 Å². The summed E-state index contributed by atoms with van der Waals surface area (Å²) in [5.41, 5.74) is 0.652. The largest absolute Gasteiger partial charge is 0.508 e. The number of aromatic nitrogens is 3. The fraction of sp³-hybridized carbons (Fsp3) is 0. The summed E-state index contributed by atoms with van der Waals surface area (Å²) in [5, 5.41) is 22.5. The highest BCUT2D eigenvalue weighted by atomic mass is 16.6. The van der Waals surface area contributed by atoms with Crippen molar-refractivity contribution >= 4 is 22.7 Å². The molecule has 41 heavy (non-hydrogen) atoms. The van der Waals surface area contributed by atoms with Gasteiger partial charge in [-0.15, -0.1) is 0 Å². The molecule has 0 fully saturated rings. The standard InChI is InChI=1S/C31H19N5O5/c32-18-19-9-10-20-16-26-28(35(27(20)15-19)22-11-13-24(37)14-12-22)34-30(39)36(29(26)38)23-6-4-5-21(17-23)33-31(40)41-25-7-2-1-3-8-25/h1-17,37H,(H,33,40). The molecule has 4 aromatic carbocycles. The van der Waals surface area contributed by atoms with Crippen molar-refractivity contribution in [1.82, 2.24) is 14.1 Å². The molecule has 4 aromatic rings. The first-order valence-corrected chi connectivity index (χ1v) is 12.4. The molecular formula is C31H19N5O5. The number of hydrogen-bond donors (Lipinski definition) is 2. The molecule has 0 bridgehead atoms. The number of carbonyl (C=O) groups excluding carboxylic acids is 1. The number of nitrogens with zero attached hydrogens (tertiary/aromatic N) is 4. The fourth-order valence-corrected chi connectivity index (χ4v) is 4.55. The van der Waals surface area contributed by atoms with E-state index in [0.29, 0.717) is 33.6 Å². The molecule has 10 nitrogen and oxygen atoms in total. The van der Waals surface area contributed by atoms with Crippen LogP contribution in [0.5, 0.6) is 11.5 Å². The van der Waals surface area contributed by atoms with Crippen LogP contribution < -0.4 is 21.3 Å². The number of hydrogen-bond acceptors (Lipinski definition) is 7. The number of benzene rings is 4. The van der Waals surface area contributed by atoms with E-state index < -0.39 is 17.3 Å². The van der Waals surface area contributed by atoms with E-state index in [-0.39, 0.29) is 22.8 Å². The number of aromatic hydroxyl groups is 1. The second kappa shape index (κ2) is 10.2. The van der Waals surface area contributed by atoms with E-state index in [9.17, 15) is 24.8 Å². The molecule has 2 aliphatic heterocycles. The minimum absolute atomic E-state index is 0.0394. The van der Waals surface area contributed by atoms with Crippen molar-refractivity contribution in [3.63, 3.8) is 0 Å². The van der Waals surface area contributed by atoms with Gasteiger partial charge in [0.2, 0.25) is 0 Å². The van der Waals surface area contributed by atoms with Crippen LogP contribution in [-0.4, -0.2) is 25.3 Å². The van der Waals surface area contributed by atoms with Crippen LogP contribution in [0.15, 0.2) is 113 Å². The number of anilines is 1. The molecule has 0 saturated heterocycles. The minimum atomic E-state index is -0.838. The molecule has 198 valence electrons. The summed E-state index contributed by atoms with van der Waals surface area (Å²) in [6, 6.07) is 29.6. The maximum Gasteiger partial charge on any atom is 0.417 e. The Balaban J connectivity index is 1.49.